The topological polar surface area (TPSA) is 99.9 Å². The molecule has 29 heavy (non-hydrogen) atoms. The first-order valence-electron chi connectivity index (χ1n) is 10.5. The molecule has 2 fully saturated rings. The van der Waals surface area contributed by atoms with Crippen molar-refractivity contribution in [3.63, 3.8) is 0 Å². The van der Waals surface area contributed by atoms with Crippen molar-refractivity contribution in [1.82, 2.24) is 25.1 Å². The Kier molecular flexibility index (Phi) is 5.34. The van der Waals surface area contributed by atoms with Crippen molar-refractivity contribution in [3.05, 3.63) is 23.8 Å². The quantitative estimate of drug-likeness (QED) is 0.509. The van der Waals surface area contributed by atoms with Crippen molar-refractivity contribution in [2.75, 3.05) is 23.7 Å². The third-order valence-corrected chi connectivity index (χ3v) is 6.75. The molecule has 1 atom stereocenters. The minimum atomic E-state index is -0.159. The highest BCUT2D eigenvalue weighted by atomic mass is 32.1. The van der Waals surface area contributed by atoms with Crippen LogP contribution in [0.1, 0.15) is 44.6 Å². The molecule has 9 heteroatoms. The third kappa shape index (κ3) is 4.22. The highest BCUT2D eigenvalue weighted by Crippen LogP contribution is 2.31. The average molecular weight is 414 g/mol. The second-order valence-electron chi connectivity index (χ2n) is 8.01. The predicted octanol–water partition coefficient (Wildman–Crippen LogP) is 3.27. The number of aliphatic hydroxyl groups excluding tert-OH is 1. The largest absolute Gasteiger partial charge is 0.393 e. The fourth-order valence-corrected chi connectivity index (χ4v) is 5.00. The molecule has 0 spiro atoms. The van der Waals surface area contributed by atoms with E-state index in [4.69, 9.17) is 4.98 Å². The first-order chi connectivity index (χ1) is 14.2. The van der Waals surface area contributed by atoms with Gasteiger partial charge in [0.25, 0.3) is 0 Å². The summed E-state index contributed by atoms with van der Waals surface area (Å²) in [6, 6.07) is 2.77. The highest BCUT2D eigenvalue weighted by molar-refractivity contribution is 7.17. The van der Waals surface area contributed by atoms with Gasteiger partial charge in [0, 0.05) is 18.8 Å². The lowest BCUT2D eigenvalue weighted by atomic mass is 9.93. The highest BCUT2D eigenvalue weighted by Gasteiger charge is 2.21. The van der Waals surface area contributed by atoms with Crippen LogP contribution in [-0.4, -0.2) is 50.1 Å². The van der Waals surface area contributed by atoms with Crippen molar-refractivity contribution in [2.24, 2.45) is 0 Å². The summed E-state index contributed by atoms with van der Waals surface area (Å²) in [5, 5.41) is 26.7. The minimum Gasteiger partial charge on any atom is -0.393 e. The molecule has 0 amide bonds. The molecule has 8 nitrogen and oxygen atoms in total. The summed E-state index contributed by atoms with van der Waals surface area (Å²) in [5.74, 6) is 1.45. The zero-order valence-electron chi connectivity index (χ0n) is 16.3. The van der Waals surface area contributed by atoms with E-state index in [0.29, 0.717) is 18.0 Å². The minimum absolute atomic E-state index is 0.159. The number of rotatable bonds is 5. The van der Waals surface area contributed by atoms with Crippen LogP contribution in [0.2, 0.25) is 0 Å². The Hall–Kier alpha value is -2.23. The lowest BCUT2D eigenvalue weighted by Gasteiger charge is -2.26. The lowest BCUT2D eigenvalue weighted by Crippen LogP contribution is -2.31. The SMILES string of the molecule is OC1CCC(Nc2nc(Nc3cnn(C4CCCNC4)c3)nc3ccsc23)CC1. The molecule has 4 N–H and O–H groups in total. The molecule has 1 saturated heterocycles. The standard InChI is InChI=1S/C20H27N7OS/c28-16-5-3-13(4-6-16)23-19-18-17(7-9-29-18)25-20(26-19)24-14-10-22-27(12-14)15-2-1-8-21-11-15/h7,9-10,12-13,15-16,21,28H,1-6,8,11H2,(H2,23,24,25,26). The maximum atomic E-state index is 9.76. The van der Waals surface area contributed by atoms with Gasteiger partial charge in [0.15, 0.2) is 0 Å². The smallest absolute Gasteiger partial charge is 0.229 e. The van der Waals surface area contributed by atoms with Gasteiger partial charge in [0.05, 0.1) is 34.2 Å². The molecule has 3 aromatic heterocycles. The van der Waals surface area contributed by atoms with Gasteiger partial charge in [-0.2, -0.15) is 10.1 Å². The van der Waals surface area contributed by atoms with E-state index in [0.717, 1.165) is 66.9 Å². The molecular weight excluding hydrogens is 386 g/mol. The van der Waals surface area contributed by atoms with Crippen LogP contribution in [0.5, 0.6) is 0 Å². The van der Waals surface area contributed by atoms with Crippen molar-refractivity contribution in [2.45, 2.75) is 56.7 Å². The Morgan fingerprint density at radius 1 is 1.17 bits per heavy atom. The number of nitrogens with zero attached hydrogens (tertiary/aromatic N) is 4. The van der Waals surface area contributed by atoms with E-state index in [2.05, 4.69) is 26.0 Å². The number of hydrogen-bond donors (Lipinski definition) is 4. The second-order valence-corrected chi connectivity index (χ2v) is 8.93. The Morgan fingerprint density at radius 3 is 2.90 bits per heavy atom. The molecule has 0 aromatic carbocycles. The summed E-state index contributed by atoms with van der Waals surface area (Å²) in [7, 11) is 0. The molecule has 1 unspecified atom stereocenters. The van der Waals surface area contributed by atoms with Crippen LogP contribution in [0.3, 0.4) is 0 Å². The first kappa shape index (κ1) is 18.8. The van der Waals surface area contributed by atoms with Crippen molar-refractivity contribution in [1.29, 1.82) is 0 Å². The number of hydrogen-bond acceptors (Lipinski definition) is 8. The fourth-order valence-electron chi connectivity index (χ4n) is 4.22. The Morgan fingerprint density at radius 2 is 2.07 bits per heavy atom. The van der Waals surface area contributed by atoms with E-state index in [-0.39, 0.29) is 6.10 Å². The van der Waals surface area contributed by atoms with E-state index in [1.807, 2.05) is 28.5 Å². The van der Waals surface area contributed by atoms with Gasteiger partial charge in [0.1, 0.15) is 5.82 Å². The van der Waals surface area contributed by atoms with Crippen molar-refractivity contribution in [3.8, 4) is 0 Å². The van der Waals surface area contributed by atoms with Gasteiger partial charge in [-0.1, -0.05) is 0 Å². The van der Waals surface area contributed by atoms with Crippen molar-refractivity contribution >= 4 is 39.0 Å². The zero-order chi connectivity index (χ0) is 19.6. The molecule has 1 aliphatic carbocycles. The van der Waals surface area contributed by atoms with E-state index < -0.39 is 0 Å². The first-order valence-corrected chi connectivity index (χ1v) is 11.3. The van der Waals surface area contributed by atoms with Gasteiger partial charge in [-0.25, -0.2) is 4.98 Å². The van der Waals surface area contributed by atoms with E-state index >= 15 is 0 Å². The predicted molar refractivity (Wildman–Crippen MR) is 116 cm³/mol. The van der Waals surface area contributed by atoms with Gasteiger partial charge in [-0.15, -0.1) is 11.3 Å². The van der Waals surface area contributed by atoms with Gasteiger partial charge in [0.2, 0.25) is 5.95 Å². The van der Waals surface area contributed by atoms with Crippen molar-refractivity contribution < 1.29 is 5.11 Å². The van der Waals surface area contributed by atoms with Crippen LogP contribution in [0.15, 0.2) is 23.8 Å². The number of thiophene rings is 1. The molecule has 4 heterocycles. The summed E-state index contributed by atoms with van der Waals surface area (Å²) >= 11 is 1.65. The maximum Gasteiger partial charge on any atom is 0.229 e. The second kappa shape index (κ2) is 8.25. The number of nitrogens with one attached hydrogen (secondary N) is 3. The Balaban J connectivity index is 1.34. The van der Waals surface area contributed by atoms with E-state index in [1.165, 1.54) is 6.42 Å². The van der Waals surface area contributed by atoms with Gasteiger partial charge in [-0.05, 0) is 56.5 Å². The van der Waals surface area contributed by atoms with Gasteiger partial charge in [-0.3, -0.25) is 4.68 Å². The van der Waals surface area contributed by atoms with Crippen LogP contribution < -0.4 is 16.0 Å². The number of aliphatic hydroxyl groups is 1. The number of piperidine rings is 1. The molecule has 1 aliphatic heterocycles. The molecule has 0 radical (unpaired) electrons. The third-order valence-electron chi connectivity index (χ3n) is 5.84. The maximum absolute atomic E-state index is 9.76. The van der Waals surface area contributed by atoms with Crippen LogP contribution in [0, 0.1) is 0 Å². The zero-order valence-corrected chi connectivity index (χ0v) is 17.2. The Labute approximate surface area is 173 Å². The molecule has 3 aromatic rings. The van der Waals surface area contributed by atoms with Gasteiger partial charge >= 0.3 is 0 Å². The van der Waals surface area contributed by atoms with E-state index in [9.17, 15) is 5.11 Å². The number of aromatic nitrogens is 4. The summed E-state index contributed by atoms with van der Waals surface area (Å²) < 4.78 is 3.11. The van der Waals surface area contributed by atoms with Gasteiger partial charge < -0.3 is 21.1 Å². The molecule has 154 valence electrons. The molecule has 5 rings (SSSR count). The van der Waals surface area contributed by atoms with Crippen LogP contribution >= 0.6 is 11.3 Å². The van der Waals surface area contributed by atoms with Crippen LogP contribution in [0.4, 0.5) is 17.5 Å². The fraction of sp³-hybridized carbons (Fsp3) is 0.550. The van der Waals surface area contributed by atoms with Crippen LogP contribution in [0.25, 0.3) is 10.2 Å². The summed E-state index contributed by atoms with van der Waals surface area (Å²) in [6.07, 6.45) is 9.65. The molecule has 0 bridgehead atoms. The molecular formula is C20H27N7OS. The summed E-state index contributed by atoms with van der Waals surface area (Å²) in [4.78, 5) is 9.45. The Bertz CT molecular complexity index is 957. The molecule has 1 saturated carbocycles. The average Bonchev–Trinajstić information content (AvgIpc) is 3.40. The summed E-state index contributed by atoms with van der Waals surface area (Å²) in [6.45, 7) is 2.05. The van der Waals surface area contributed by atoms with Crippen LogP contribution in [-0.2, 0) is 0 Å². The molecule has 2 aliphatic rings. The number of anilines is 3. The van der Waals surface area contributed by atoms with E-state index in [1.54, 1.807) is 11.3 Å². The lowest BCUT2D eigenvalue weighted by molar-refractivity contribution is 0.126. The normalized spacial score (nSPS) is 25.2. The summed E-state index contributed by atoms with van der Waals surface area (Å²) in [5.41, 5.74) is 1.84. The monoisotopic (exact) mass is 413 g/mol. The number of fused-ring (bicyclic) bond motifs is 1.